The van der Waals surface area contributed by atoms with Crippen LogP contribution in [0, 0.1) is 6.92 Å². The van der Waals surface area contributed by atoms with Crippen LogP contribution in [0.3, 0.4) is 0 Å². The zero-order valence-corrected chi connectivity index (χ0v) is 22.2. The van der Waals surface area contributed by atoms with Gasteiger partial charge in [-0.05, 0) is 85.9 Å². The first-order chi connectivity index (χ1) is 18.6. The Labute approximate surface area is 224 Å². The molecule has 0 bridgehead atoms. The van der Waals surface area contributed by atoms with Crippen LogP contribution in [0.25, 0.3) is 11.5 Å². The van der Waals surface area contributed by atoms with E-state index < -0.39 is 0 Å². The molecule has 0 spiro atoms. The lowest BCUT2D eigenvalue weighted by Crippen LogP contribution is -2.09. The molecule has 1 aliphatic carbocycles. The molecule has 0 saturated carbocycles. The van der Waals surface area contributed by atoms with Crippen LogP contribution in [0.4, 0.5) is 0 Å². The molecule has 5 heteroatoms. The predicted octanol–water partition coefficient (Wildman–Crippen LogP) is 7.04. The van der Waals surface area contributed by atoms with Crippen molar-refractivity contribution in [1.82, 2.24) is 4.98 Å². The van der Waals surface area contributed by atoms with Gasteiger partial charge < -0.3 is 13.9 Å². The highest BCUT2D eigenvalue weighted by Gasteiger charge is 2.27. The number of fused-ring (bicyclic) bond motifs is 1. The number of hydrogen-bond donors (Lipinski definition) is 0. The summed E-state index contributed by atoms with van der Waals surface area (Å²) < 4.78 is 17.6. The number of aromatic nitrogens is 1. The summed E-state index contributed by atoms with van der Waals surface area (Å²) in [4.78, 5) is 16.9. The van der Waals surface area contributed by atoms with E-state index in [2.05, 4.69) is 36.4 Å². The fourth-order valence-electron chi connectivity index (χ4n) is 5.28. The van der Waals surface area contributed by atoms with Crippen molar-refractivity contribution in [3.05, 3.63) is 107 Å². The molecule has 196 valence electrons. The predicted molar refractivity (Wildman–Crippen MR) is 148 cm³/mol. The van der Waals surface area contributed by atoms with Crippen LogP contribution in [0.2, 0.25) is 0 Å². The Hall–Kier alpha value is -3.86. The van der Waals surface area contributed by atoms with Crippen molar-refractivity contribution in [1.29, 1.82) is 0 Å². The molecule has 0 aliphatic heterocycles. The van der Waals surface area contributed by atoms with Gasteiger partial charge in [0.1, 0.15) is 11.5 Å². The molecule has 0 N–H and O–H groups in total. The second-order valence-corrected chi connectivity index (χ2v) is 9.88. The van der Waals surface area contributed by atoms with Crippen LogP contribution in [0.15, 0.2) is 77.2 Å². The van der Waals surface area contributed by atoms with E-state index in [4.69, 9.17) is 18.9 Å². The monoisotopic (exact) mass is 509 g/mol. The van der Waals surface area contributed by atoms with Crippen molar-refractivity contribution in [2.75, 3.05) is 13.2 Å². The van der Waals surface area contributed by atoms with Crippen molar-refractivity contribution in [2.45, 2.75) is 58.3 Å². The molecule has 0 saturated heterocycles. The van der Waals surface area contributed by atoms with Crippen LogP contribution < -0.4 is 4.74 Å². The standard InChI is InChI=1S/C33H35NO4/c1-3-36-32(35)22-27-17-16-26-21-31(28(20-29(26)27)15-14-24-10-6-4-7-11-24)37-19-18-30-23(2)38-33(34-30)25-12-8-5-9-13-25/h4-13,20-21,27H,3,14-19,22H2,1-2H3/t27-/m0/s1. The summed E-state index contributed by atoms with van der Waals surface area (Å²) in [5.74, 6) is 2.50. The number of esters is 1. The molecule has 5 nitrogen and oxygen atoms in total. The number of aryl methyl sites for hydroxylation is 4. The second-order valence-electron chi connectivity index (χ2n) is 9.88. The lowest BCUT2D eigenvalue weighted by Gasteiger charge is -2.17. The molecule has 0 amide bonds. The Morgan fingerprint density at radius 2 is 1.76 bits per heavy atom. The average molecular weight is 510 g/mol. The van der Waals surface area contributed by atoms with Crippen molar-refractivity contribution < 1.29 is 18.7 Å². The van der Waals surface area contributed by atoms with E-state index in [1.807, 2.05) is 50.2 Å². The van der Waals surface area contributed by atoms with Gasteiger partial charge in [-0.2, -0.15) is 0 Å². The summed E-state index contributed by atoms with van der Waals surface area (Å²) in [7, 11) is 0. The van der Waals surface area contributed by atoms with Crippen LogP contribution in [0.1, 0.15) is 59.4 Å². The largest absolute Gasteiger partial charge is 0.493 e. The minimum Gasteiger partial charge on any atom is -0.493 e. The summed E-state index contributed by atoms with van der Waals surface area (Å²) >= 11 is 0. The van der Waals surface area contributed by atoms with Crippen molar-refractivity contribution in [3.63, 3.8) is 0 Å². The van der Waals surface area contributed by atoms with Gasteiger partial charge in [-0.3, -0.25) is 4.79 Å². The lowest BCUT2D eigenvalue weighted by atomic mass is 9.93. The molecule has 0 unspecified atom stereocenters. The highest BCUT2D eigenvalue weighted by molar-refractivity contribution is 5.71. The van der Waals surface area contributed by atoms with Gasteiger partial charge in [-0.25, -0.2) is 4.98 Å². The average Bonchev–Trinajstić information content (AvgIpc) is 3.51. The summed E-state index contributed by atoms with van der Waals surface area (Å²) in [5, 5.41) is 0. The van der Waals surface area contributed by atoms with Crippen LogP contribution in [0.5, 0.6) is 5.75 Å². The van der Waals surface area contributed by atoms with Gasteiger partial charge in [0, 0.05) is 12.0 Å². The van der Waals surface area contributed by atoms with E-state index in [-0.39, 0.29) is 11.9 Å². The molecule has 3 aromatic carbocycles. The van der Waals surface area contributed by atoms with Crippen LogP contribution in [-0.4, -0.2) is 24.2 Å². The molecular weight excluding hydrogens is 474 g/mol. The number of hydrogen-bond acceptors (Lipinski definition) is 5. The SMILES string of the molecule is CCOC(=O)C[C@@H]1CCc2cc(OCCc3nc(-c4ccccc4)oc3C)c(CCc3ccccc3)cc21. The highest BCUT2D eigenvalue weighted by atomic mass is 16.5. The zero-order chi connectivity index (χ0) is 26.3. The molecule has 38 heavy (non-hydrogen) atoms. The maximum atomic E-state index is 12.2. The maximum Gasteiger partial charge on any atom is 0.306 e. The van der Waals surface area contributed by atoms with E-state index in [1.54, 1.807) is 0 Å². The molecule has 4 aromatic rings. The molecule has 1 heterocycles. The van der Waals surface area contributed by atoms with E-state index in [0.717, 1.165) is 48.5 Å². The Kier molecular flexibility index (Phi) is 8.22. The number of ether oxygens (including phenoxy) is 2. The third-order valence-corrected chi connectivity index (χ3v) is 7.28. The normalized spacial score (nSPS) is 14.3. The maximum absolute atomic E-state index is 12.2. The van der Waals surface area contributed by atoms with Crippen LogP contribution in [-0.2, 0) is 35.2 Å². The molecule has 1 aliphatic rings. The van der Waals surface area contributed by atoms with Gasteiger partial charge in [0.25, 0.3) is 0 Å². The van der Waals surface area contributed by atoms with Gasteiger partial charge in [-0.1, -0.05) is 54.6 Å². The van der Waals surface area contributed by atoms with Crippen molar-refractivity contribution >= 4 is 5.97 Å². The van der Waals surface area contributed by atoms with Crippen LogP contribution >= 0.6 is 0 Å². The number of carbonyl (C=O) groups excluding carboxylic acids is 1. The molecule has 0 fully saturated rings. The Morgan fingerprint density at radius 3 is 2.53 bits per heavy atom. The van der Waals surface area contributed by atoms with Gasteiger partial charge in [-0.15, -0.1) is 0 Å². The fourth-order valence-corrected chi connectivity index (χ4v) is 5.28. The molecular formula is C33H35NO4. The first-order valence-electron chi connectivity index (χ1n) is 13.6. The Morgan fingerprint density at radius 1 is 1.00 bits per heavy atom. The van der Waals surface area contributed by atoms with Crippen molar-refractivity contribution in [2.24, 2.45) is 0 Å². The number of rotatable bonds is 11. The van der Waals surface area contributed by atoms with E-state index in [1.165, 1.54) is 22.3 Å². The Bertz CT molecular complexity index is 1360. The highest BCUT2D eigenvalue weighted by Crippen LogP contribution is 2.40. The minimum absolute atomic E-state index is 0.116. The first kappa shape index (κ1) is 25.8. The van der Waals surface area contributed by atoms with Gasteiger partial charge >= 0.3 is 5.97 Å². The van der Waals surface area contributed by atoms with Gasteiger partial charge in [0.15, 0.2) is 0 Å². The molecule has 5 rings (SSSR count). The lowest BCUT2D eigenvalue weighted by molar-refractivity contribution is -0.143. The molecule has 1 aromatic heterocycles. The Balaban J connectivity index is 1.32. The van der Waals surface area contributed by atoms with Gasteiger partial charge in [0.05, 0.1) is 25.3 Å². The zero-order valence-electron chi connectivity index (χ0n) is 22.2. The number of benzene rings is 3. The third-order valence-electron chi connectivity index (χ3n) is 7.28. The quantitative estimate of drug-likeness (QED) is 0.203. The van der Waals surface area contributed by atoms with E-state index >= 15 is 0 Å². The van der Waals surface area contributed by atoms with E-state index in [9.17, 15) is 4.79 Å². The van der Waals surface area contributed by atoms with E-state index in [0.29, 0.717) is 31.9 Å². The minimum atomic E-state index is -0.116. The summed E-state index contributed by atoms with van der Waals surface area (Å²) in [6.45, 7) is 4.75. The van der Waals surface area contributed by atoms with Crippen molar-refractivity contribution in [3.8, 4) is 17.2 Å². The molecule has 1 atom stereocenters. The third kappa shape index (κ3) is 6.16. The number of carbonyl (C=O) groups is 1. The molecule has 0 radical (unpaired) electrons. The number of nitrogens with zero attached hydrogens (tertiary/aromatic N) is 1. The number of oxazole rings is 1. The fraction of sp³-hybridized carbons (Fsp3) is 0.333. The topological polar surface area (TPSA) is 61.6 Å². The first-order valence-corrected chi connectivity index (χ1v) is 13.6. The van der Waals surface area contributed by atoms with Gasteiger partial charge in [0.2, 0.25) is 5.89 Å². The second kappa shape index (κ2) is 12.1. The summed E-state index contributed by atoms with van der Waals surface area (Å²) in [6, 6.07) is 25.0. The summed E-state index contributed by atoms with van der Waals surface area (Å²) in [6.07, 6.45) is 4.84. The summed E-state index contributed by atoms with van der Waals surface area (Å²) in [5.41, 5.74) is 6.93. The smallest absolute Gasteiger partial charge is 0.306 e.